The number of methoxy groups -OCH3 is 1. The van der Waals surface area contributed by atoms with Crippen molar-refractivity contribution in [2.75, 3.05) is 7.11 Å². The van der Waals surface area contributed by atoms with Gasteiger partial charge in [0.15, 0.2) is 0 Å². The largest absolute Gasteiger partial charge is 0.469 e. The number of halogens is 4. The molecule has 3 nitrogen and oxygen atoms in total. The normalized spacial score (nSPS) is 11.5. The van der Waals surface area contributed by atoms with E-state index in [1.807, 2.05) is 0 Å². The van der Waals surface area contributed by atoms with Crippen molar-refractivity contribution in [1.29, 1.82) is 0 Å². The number of nitrogens with zero attached hydrogens (tertiary/aromatic N) is 1. The van der Waals surface area contributed by atoms with E-state index in [2.05, 4.69) is 25.7 Å². The quantitative estimate of drug-likeness (QED) is 0.746. The van der Waals surface area contributed by atoms with Crippen LogP contribution in [0.25, 0.3) is 10.6 Å². The second kappa shape index (κ2) is 6.15. The van der Waals surface area contributed by atoms with Crippen molar-refractivity contribution in [3.8, 4) is 10.6 Å². The predicted molar refractivity (Wildman–Crippen MR) is 76.0 cm³/mol. The van der Waals surface area contributed by atoms with Crippen LogP contribution in [0.1, 0.15) is 11.3 Å². The van der Waals surface area contributed by atoms with Gasteiger partial charge in [-0.1, -0.05) is 22.0 Å². The van der Waals surface area contributed by atoms with Crippen LogP contribution in [0.2, 0.25) is 0 Å². The topological polar surface area (TPSA) is 39.2 Å². The number of alkyl halides is 3. The van der Waals surface area contributed by atoms with E-state index in [1.54, 1.807) is 5.38 Å². The van der Waals surface area contributed by atoms with Crippen LogP contribution in [0.4, 0.5) is 13.2 Å². The van der Waals surface area contributed by atoms with Gasteiger partial charge in [0.1, 0.15) is 5.01 Å². The molecule has 2 aromatic rings. The summed E-state index contributed by atoms with van der Waals surface area (Å²) in [6.07, 6.45) is -4.54. The third-order valence-electron chi connectivity index (χ3n) is 2.62. The number of hydrogen-bond acceptors (Lipinski definition) is 4. The van der Waals surface area contributed by atoms with Gasteiger partial charge in [-0.25, -0.2) is 4.98 Å². The fraction of sp³-hybridized carbons (Fsp3) is 0.231. The summed E-state index contributed by atoms with van der Waals surface area (Å²) in [4.78, 5) is 15.2. The van der Waals surface area contributed by atoms with Crippen LogP contribution < -0.4 is 0 Å². The van der Waals surface area contributed by atoms with Crippen molar-refractivity contribution in [3.05, 3.63) is 39.3 Å². The van der Waals surface area contributed by atoms with Crippen molar-refractivity contribution >= 4 is 33.2 Å². The van der Waals surface area contributed by atoms with E-state index in [4.69, 9.17) is 0 Å². The number of carbonyl (C=O) groups excluding carboxylic acids is 1. The molecule has 0 saturated heterocycles. The molecule has 0 N–H and O–H groups in total. The van der Waals surface area contributed by atoms with E-state index in [0.717, 1.165) is 17.4 Å². The lowest BCUT2D eigenvalue weighted by molar-refractivity contribution is -0.140. The first kappa shape index (κ1) is 16.0. The smallest absolute Gasteiger partial charge is 0.417 e. The summed E-state index contributed by atoms with van der Waals surface area (Å²) in [6.45, 7) is 0. The Labute approximate surface area is 130 Å². The molecule has 21 heavy (non-hydrogen) atoms. The molecule has 0 amide bonds. The second-order valence-electron chi connectivity index (χ2n) is 4.08. The van der Waals surface area contributed by atoms with Gasteiger partial charge in [-0.3, -0.25) is 4.79 Å². The second-order valence-corrected chi connectivity index (χ2v) is 5.86. The Hall–Kier alpha value is -1.41. The lowest BCUT2D eigenvalue weighted by Crippen LogP contribution is -2.07. The van der Waals surface area contributed by atoms with Crippen molar-refractivity contribution in [2.24, 2.45) is 0 Å². The highest BCUT2D eigenvalue weighted by Crippen LogP contribution is 2.39. The summed E-state index contributed by atoms with van der Waals surface area (Å²) >= 11 is 4.09. The molecular formula is C13H9BrF3NO2S. The van der Waals surface area contributed by atoms with Crippen molar-refractivity contribution in [2.45, 2.75) is 12.6 Å². The van der Waals surface area contributed by atoms with Gasteiger partial charge in [0.2, 0.25) is 0 Å². The fourth-order valence-corrected chi connectivity index (χ4v) is 2.89. The van der Waals surface area contributed by atoms with Crippen LogP contribution in [0, 0.1) is 0 Å². The minimum atomic E-state index is -4.48. The van der Waals surface area contributed by atoms with Crippen molar-refractivity contribution < 1.29 is 22.7 Å². The van der Waals surface area contributed by atoms with Gasteiger partial charge in [0.25, 0.3) is 0 Å². The first-order valence-electron chi connectivity index (χ1n) is 5.69. The molecule has 0 spiro atoms. The maximum Gasteiger partial charge on any atom is 0.417 e. The number of ether oxygens (including phenoxy) is 1. The van der Waals surface area contributed by atoms with Gasteiger partial charge in [-0.2, -0.15) is 13.2 Å². The van der Waals surface area contributed by atoms with Gasteiger partial charge in [0, 0.05) is 15.4 Å². The zero-order valence-corrected chi connectivity index (χ0v) is 13.1. The molecule has 0 unspecified atom stereocenters. The molecule has 0 fully saturated rings. The fourth-order valence-electron chi connectivity index (χ4n) is 1.67. The lowest BCUT2D eigenvalue weighted by atomic mass is 10.1. The molecule has 2 rings (SSSR count). The van der Waals surface area contributed by atoms with E-state index in [9.17, 15) is 18.0 Å². The van der Waals surface area contributed by atoms with E-state index in [-0.39, 0.29) is 17.0 Å². The molecule has 0 aliphatic rings. The van der Waals surface area contributed by atoms with E-state index in [0.29, 0.717) is 10.2 Å². The first-order valence-corrected chi connectivity index (χ1v) is 7.37. The molecule has 0 aliphatic carbocycles. The SMILES string of the molecule is COC(=O)Cc1csc(-c2ccc(Br)cc2C(F)(F)F)n1. The van der Waals surface area contributed by atoms with E-state index in [1.165, 1.54) is 19.2 Å². The first-order chi connectivity index (χ1) is 9.81. The summed E-state index contributed by atoms with van der Waals surface area (Å²) in [5.74, 6) is -0.487. The molecule has 0 saturated carbocycles. The maximum absolute atomic E-state index is 13.1. The third-order valence-corrected chi connectivity index (χ3v) is 4.04. The highest BCUT2D eigenvalue weighted by atomic mass is 79.9. The number of esters is 1. The number of aromatic nitrogens is 1. The Morgan fingerprint density at radius 1 is 1.43 bits per heavy atom. The maximum atomic E-state index is 13.1. The number of carbonyl (C=O) groups is 1. The predicted octanol–water partition coefficient (Wildman–Crippen LogP) is 4.31. The average Bonchev–Trinajstić information content (AvgIpc) is 2.85. The number of rotatable bonds is 3. The summed E-state index contributed by atoms with van der Waals surface area (Å²) < 4.78 is 44.0. The van der Waals surface area contributed by atoms with Gasteiger partial charge in [-0.05, 0) is 12.1 Å². The molecule has 1 aromatic carbocycles. The Balaban J connectivity index is 2.41. The van der Waals surface area contributed by atoms with E-state index < -0.39 is 17.7 Å². The molecule has 1 heterocycles. The summed E-state index contributed by atoms with van der Waals surface area (Å²) in [7, 11) is 1.24. The van der Waals surface area contributed by atoms with Crippen molar-refractivity contribution in [3.63, 3.8) is 0 Å². The van der Waals surface area contributed by atoms with Crippen molar-refractivity contribution in [1.82, 2.24) is 4.98 Å². The minimum absolute atomic E-state index is 0.00758. The van der Waals surface area contributed by atoms with E-state index >= 15 is 0 Å². The number of hydrogen-bond donors (Lipinski definition) is 0. The van der Waals surface area contributed by atoms with Gasteiger partial charge < -0.3 is 4.74 Å². The van der Waals surface area contributed by atoms with Gasteiger partial charge in [0.05, 0.1) is 24.8 Å². The minimum Gasteiger partial charge on any atom is -0.469 e. The Bertz CT molecular complexity index is 670. The summed E-state index contributed by atoms with van der Waals surface area (Å²) in [5, 5.41) is 1.77. The zero-order chi connectivity index (χ0) is 15.6. The molecule has 112 valence electrons. The molecule has 8 heteroatoms. The molecular weight excluding hydrogens is 371 g/mol. The lowest BCUT2D eigenvalue weighted by Gasteiger charge is -2.11. The Morgan fingerprint density at radius 3 is 2.76 bits per heavy atom. The van der Waals surface area contributed by atoms with Crippen LogP contribution in [-0.2, 0) is 22.1 Å². The standard InChI is InChI=1S/C13H9BrF3NO2S/c1-20-11(19)5-8-6-21-12(18-8)9-3-2-7(14)4-10(9)13(15,16)17/h2-4,6H,5H2,1H3. The van der Waals surface area contributed by atoms with Crippen LogP contribution in [-0.4, -0.2) is 18.1 Å². The molecule has 0 radical (unpaired) electrons. The highest BCUT2D eigenvalue weighted by molar-refractivity contribution is 9.10. The molecule has 0 bridgehead atoms. The monoisotopic (exact) mass is 379 g/mol. The highest BCUT2D eigenvalue weighted by Gasteiger charge is 2.34. The Kier molecular flexibility index (Phi) is 4.67. The summed E-state index contributed by atoms with van der Waals surface area (Å²) in [5.41, 5.74) is -0.388. The average molecular weight is 380 g/mol. The molecule has 1 aromatic heterocycles. The van der Waals surface area contributed by atoms with Gasteiger partial charge in [-0.15, -0.1) is 11.3 Å². The summed E-state index contributed by atoms with van der Waals surface area (Å²) in [6, 6.07) is 3.89. The van der Waals surface area contributed by atoms with Crippen LogP contribution >= 0.6 is 27.3 Å². The van der Waals surface area contributed by atoms with Crippen LogP contribution in [0.3, 0.4) is 0 Å². The van der Waals surface area contributed by atoms with Crippen LogP contribution in [0.5, 0.6) is 0 Å². The number of benzene rings is 1. The van der Waals surface area contributed by atoms with Gasteiger partial charge >= 0.3 is 12.1 Å². The molecule has 0 atom stereocenters. The Morgan fingerprint density at radius 2 is 2.14 bits per heavy atom. The third kappa shape index (κ3) is 3.82. The van der Waals surface area contributed by atoms with Crippen LogP contribution in [0.15, 0.2) is 28.1 Å². The zero-order valence-electron chi connectivity index (χ0n) is 10.7. The molecule has 0 aliphatic heterocycles. The number of thiazole rings is 1.